The van der Waals surface area contributed by atoms with Gasteiger partial charge in [-0.3, -0.25) is 4.79 Å². The third-order valence-corrected chi connectivity index (χ3v) is 4.32. The first-order valence-corrected chi connectivity index (χ1v) is 6.91. The number of nitrogens with zero attached hydrogens (tertiary/aromatic N) is 1. The van der Waals surface area contributed by atoms with Crippen molar-refractivity contribution in [3.8, 4) is 0 Å². The predicted octanol–water partition coefficient (Wildman–Crippen LogP) is 2.42. The van der Waals surface area contributed by atoms with Crippen molar-refractivity contribution in [3.63, 3.8) is 0 Å². The normalized spacial score (nSPS) is 16.8. The van der Waals surface area contributed by atoms with E-state index in [-0.39, 0.29) is 12.5 Å². The highest BCUT2D eigenvalue weighted by Crippen LogP contribution is 2.42. The van der Waals surface area contributed by atoms with E-state index in [1.807, 2.05) is 7.05 Å². The summed E-state index contributed by atoms with van der Waals surface area (Å²) in [6.07, 6.45) is 2.68. The smallest absolute Gasteiger partial charge is 0.231 e. The topological polar surface area (TPSA) is 40.5 Å². The van der Waals surface area contributed by atoms with Gasteiger partial charge < -0.3 is 10.0 Å². The summed E-state index contributed by atoms with van der Waals surface area (Å²) >= 11 is 0. The van der Waals surface area contributed by atoms with E-state index in [4.69, 9.17) is 0 Å². The average Bonchev–Trinajstić information content (AvgIpc) is 2.32. The van der Waals surface area contributed by atoms with Crippen LogP contribution in [-0.4, -0.2) is 29.6 Å². The third-order valence-electron chi connectivity index (χ3n) is 4.32. The van der Waals surface area contributed by atoms with Crippen molar-refractivity contribution in [2.75, 3.05) is 13.7 Å². The van der Waals surface area contributed by atoms with Crippen LogP contribution in [0.1, 0.15) is 36.0 Å². The maximum absolute atomic E-state index is 12.4. The Morgan fingerprint density at radius 1 is 1.37 bits per heavy atom. The van der Waals surface area contributed by atoms with E-state index in [0.717, 1.165) is 19.3 Å². The first-order valence-electron chi connectivity index (χ1n) is 6.91. The Hall–Kier alpha value is -1.35. The lowest BCUT2D eigenvalue weighted by atomic mass is 9.68. The Morgan fingerprint density at radius 2 is 2.05 bits per heavy atom. The molecule has 1 fully saturated rings. The lowest BCUT2D eigenvalue weighted by molar-refractivity contribution is -0.150. The summed E-state index contributed by atoms with van der Waals surface area (Å²) in [7, 11) is 1.83. The summed E-state index contributed by atoms with van der Waals surface area (Å²) in [4.78, 5) is 14.2. The summed E-state index contributed by atoms with van der Waals surface area (Å²) in [5.41, 5.74) is 3.13. The monoisotopic (exact) mass is 261 g/mol. The molecule has 0 aliphatic heterocycles. The Morgan fingerprint density at radius 3 is 2.53 bits per heavy atom. The number of benzene rings is 1. The van der Waals surface area contributed by atoms with Gasteiger partial charge in [0.2, 0.25) is 5.91 Å². The molecule has 1 aromatic rings. The Balaban J connectivity index is 2.08. The fraction of sp³-hybridized carbons (Fsp3) is 0.562. The van der Waals surface area contributed by atoms with Gasteiger partial charge >= 0.3 is 0 Å². The van der Waals surface area contributed by atoms with Gasteiger partial charge in [0.1, 0.15) is 0 Å². The zero-order valence-electron chi connectivity index (χ0n) is 12.1. The number of carbonyl (C=O) groups excluding carboxylic acids is 1. The number of amides is 1. The molecule has 1 aromatic carbocycles. The number of aryl methyl sites for hydroxylation is 2. The molecule has 3 nitrogen and oxygen atoms in total. The van der Waals surface area contributed by atoms with Gasteiger partial charge in [0.15, 0.2) is 0 Å². The second-order valence-electron chi connectivity index (χ2n) is 5.88. The minimum Gasteiger partial charge on any atom is -0.395 e. The SMILES string of the molecule is Cc1ccc(CN(C)C(=O)C2(CO)CCC2)c(C)c1. The van der Waals surface area contributed by atoms with Crippen LogP contribution in [0.4, 0.5) is 0 Å². The van der Waals surface area contributed by atoms with Gasteiger partial charge in [-0.2, -0.15) is 0 Å². The molecule has 19 heavy (non-hydrogen) atoms. The Bertz CT molecular complexity index is 472. The number of hydrogen-bond acceptors (Lipinski definition) is 2. The van der Waals surface area contributed by atoms with Crippen LogP contribution >= 0.6 is 0 Å². The largest absolute Gasteiger partial charge is 0.395 e. The molecule has 0 atom stereocenters. The molecule has 1 N–H and O–H groups in total. The zero-order chi connectivity index (χ0) is 14.0. The van der Waals surface area contributed by atoms with Crippen LogP contribution in [0.3, 0.4) is 0 Å². The molecular weight excluding hydrogens is 238 g/mol. The van der Waals surface area contributed by atoms with Crippen LogP contribution in [0.2, 0.25) is 0 Å². The average molecular weight is 261 g/mol. The molecule has 0 aromatic heterocycles. The molecule has 3 heteroatoms. The standard InChI is InChI=1S/C16H23NO2/c1-12-5-6-14(13(2)9-12)10-17(3)15(19)16(11-18)7-4-8-16/h5-6,9,18H,4,7-8,10-11H2,1-3H3. The molecule has 0 heterocycles. The summed E-state index contributed by atoms with van der Waals surface area (Å²) in [6.45, 7) is 4.74. The fourth-order valence-corrected chi connectivity index (χ4v) is 2.80. The molecule has 0 saturated heterocycles. The van der Waals surface area contributed by atoms with Crippen molar-refractivity contribution >= 4 is 5.91 Å². The molecule has 0 bridgehead atoms. The molecule has 1 saturated carbocycles. The maximum atomic E-state index is 12.4. The van der Waals surface area contributed by atoms with Gasteiger partial charge in [-0.15, -0.1) is 0 Å². The van der Waals surface area contributed by atoms with Crippen LogP contribution in [0.25, 0.3) is 0 Å². The van der Waals surface area contributed by atoms with Gasteiger partial charge in [0.25, 0.3) is 0 Å². The summed E-state index contributed by atoms with van der Waals surface area (Å²) in [5, 5.41) is 9.47. The molecule has 104 valence electrons. The van der Waals surface area contributed by atoms with Crippen LogP contribution < -0.4 is 0 Å². The van der Waals surface area contributed by atoms with Crippen molar-refractivity contribution < 1.29 is 9.90 Å². The van der Waals surface area contributed by atoms with Crippen molar-refractivity contribution in [2.24, 2.45) is 5.41 Å². The van der Waals surface area contributed by atoms with Crippen molar-refractivity contribution in [1.29, 1.82) is 0 Å². The highest BCUT2D eigenvalue weighted by atomic mass is 16.3. The molecule has 1 aliphatic carbocycles. The highest BCUT2D eigenvalue weighted by Gasteiger charge is 2.45. The quantitative estimate of drug-likeness (QED) is 0.904. The summed E-state index contributed by atoms with van der Waals surface area (Å²) in [6, 6.07) is 6.30. The van der Waals surface area contributed by atoms with Gasteiger partial charge in [-0.25, -0.2) is 0 Å². The van der Waals surface area contributed by atoms with E-state index >= 15 is 0 Å². The van der Waals surface area contributed by atoms with Crippen LogP contribution in [0.15, 0.2) is 18.2 Å². The van der Waals surface area contributed by atoms with Crippen molar-refractivity contribution in [1.82, 2.24) is 4.90 Å². The molecule has 0 radical (unpaired) electrons. The first kappa shape index (κ1) is 14.1. The van der Waals surface area contributed by atoms with E-state index in [9.17, 15) is 9.90 Å². The summed E-state index contributed by atoms with van der Waals surface area (Å²) in [5.74, 6) is 0.0845. The first-order chi connectivity index (χ1) is 8.98. The Kier molecular flexibility index (Phi) is 3.95. The number of carbonyl (C=O) groups is 1. The van der Waals surface area contributed by atoms with Crippen LogP contribution in [-0.2, 0) is 11.3 Å². The van der Waals surface area contributed by atoms with Gasteiger partial charge in [0.05, 0.1) is 12.0 Å². The van der Waals surface area contributed by atoms with Crippen molar-refractivity contribution in [3.05, 3.63) is 34.9 Å². The second-order valence-corrected chi connectivity index (χ2v) is 5.88. The molecule has 1 aliphatic rings. The van der Waals surface area contributed by atoms with E-state index in [2.05, 4.69) is 32.0 Å². The minimum absolute atomic E-state index is 0.0247. The van der Waals surface area contributed by atoms with E-state index < -0.39 is 5.41 Å². The second kappa shape index (κ2) is 5.33. The lowest BCUT2D eigenvalue weighted by Gasteiger charge is -2.41. The van der Waals surface area contributed by atoms with Crippen molar-refractivity contribution in [2.45, 2.75) is 39.7 Å². The van der Waals surface area contributed by atoms with Crippen LogP contribution in [0, 0.1) is 19.3 Å². The van der Waals surface area contributed by atoms with E-state index in [0.29, 0.717) is 6.54 Å². The Labute approximate surface area is 115 Å². The molecular formula is C16H23NO2. The molecule has 1 amide bonds. The van der Waals surface area contributed by atoms with Gasteiger partial charge in [-0.05, 0) is 37.8 Å². The zero-order valence-corrected chi connectivity index (χ0v) is 12.1. The minimum atomic E-state index is -0.493. The third kappa shape index (κ3) is 2.66. The highest BCUT2D eigenvalue weighted by molar-refractivity contribution is 5.83. The molecule has 2 rings (SSSR count). The van der Waals surface area contributed by atoms with E-state index in [1.165, 1.54) is 16.7 Å². The number of rotatable bonds is 4. The van der Waals surface area contributed by atoms with Crippen LogP contribution in [0.5, 0.6) is 0 Å². The fourth-order valence-electron chi connectivity index (χ4n) is 2.80. The number of aliphatic hydroxyl groups is 1. The molecule has 0 unspecified atom stereocenters. The predicted molar refractivity (Wildman–Crippen MR) is 75.8 cm³/mol. The molecule has 0 spiro atoms. The van der Waals surface area contributed by atoms with Gasteiger partial charge in [-0.1, -0.05) is 30.2 Å². The lowest BCUT2D eigenvalue weighted by Crippen LogP contribution is -2.48. The van der Waals surface area contributed by atoms with E-state index in [1.54, 1.807) is 4.90 Å². The number of aliphatic hydroxyl groups excluding tert-OH is 1. The maximum Gasteiger partial charge on any atom is 0.231 e. The number of hydrogen-bond donors (Lipinski definition) is 1. The summed E-state index contributed by atoms with van der Waals surface area (Å²) < 4.78 is 0. The van der Waals surface area contributed by atoms with Gasteiger partial charge in [0, 0.05) is 13.6 Å².